The van der Waals surface area contributed by atoms with Gasteiger partial charge in [-0.3, -0.25) is 0 Å². The number of hydrogen-bond acceptors (Lipinski definition) is 1. The van der Waals surface area contributed by atoms with E-state index in [0.29, 0.717) is 0 Å². The van der Waals surface area contributed by atoms with Crippen LogP contribution in [-0.2, 0) is 0 Å². The molecule has 0 bridgehead atoms. The molecule has 1 heteroatoms. The van der Waals surface area contributed by atoms with Crippen LogP contribution in [0.3, 0.4) is 0 Å². The molecule has 0 saturated heterocycles. The summed E-state index contributed by atoms with van der Waals surface area (Å²) in [5.41, 5.74) is 4.08. The molecule has 1 nitrogen and oxygen atoms in total. The molecule has 15 heavy (non-hydrogen) atoms. The molecule has 78 valence electrons. The van der Waals surface area contributed by atoms with Crippen LogP contribution in [0.25, 0.3) is 0 Å². The lowest BCUT2D eigenvalue weighted by atomic mass is 10.2. The van der Waals surface area contributed by atoms with Crippen LogP contribution in [0, 0.1) is 6.92 Å². The zero-order valence-electron chi connectivity index (χ0n) is 9.40. The van der Waals surface area contributed by atoms with Crippen molar-refractivity contribution in [3.63, 3.8) is 0 Å². The van der Waals surface area contributed by atoms with Gasteiger partial charge in [-0.25, -0.2) is 0 Å². The summed E-state index contributed by atoms with van der Waals surface area (Å²) in [7, 11) is 2.14. The van der Waals surface area contributed by atoms with Crippen LogP contribution in [0.15, 0.2) is 48.1 Å². The summed E-state index contributed by atoms with van der Waals surface area (Å²) < 4.78 is 0. The predicted octanol–water partition coefficient (Wildman–Crippen LogP) is 3.32. The number of hydrogen-bond donors (Lipinski definition) is 0. The van der Waals surface area contributed by atoms with Gasteiger partial charge in [0.2, 0.25) is 0 Å². The Morgan fingerprint density at radius 1 is 1.20 bits per heavy atom. The molecule has 1 aliphatic carbocycles. The smallest absolute Gasteiger partial charge is 0.0391 e. The zero-order valence-corrected chi connectivity index (χ0v) is 9.40. The van der Waals surface area contributed by atoms with Crippen LogP contribution in [0.1, 0.15) is 12.0 Å². The third-order valence-corrected chi connectivity index (χ3v) is 2.76. The first-order valence-electron chi connectivity index (χ1n) is 5.38. The highest BCUT2D eigenvalue weighted by Gasteiger charge is 2.04. The first-order chi connectivity index (χ1) is 7.25. The van der Waals surface area contributed by atoms with Crippen LogP contribution in [0.4, 0.5) is 5.69 Å². The molecular weight excluding hydrogens is 182 g/mol. The Hall–Kier alpha value is -1.50. The van der Waals surface area contributed by atoms with Gasteiger partial charge in [0.1, 0.15) is 0 Å². The fourth-order valence-electron chi connectivity index (χ4n) is 1.80. The molecule has 0 spiro atoms. The van der Waals surface area contributed by atoms with Gasteiger partial charge in [0.25, 0.3) is 0 Å². The van der Waals surface area contributed by atoms with E-state index >= 15 is 0 Å². The van der Waals surface area contributed by atoms with Gasteiger partial charge < -0.3 is 4.90 Å². The average molecular weight is 199 g/mol. The van der Waals surface area contributed by atoms with E-state index in [4.69, 9.17) is 0 Å². The molecular formula is C14H17N. The fraction of sp³-hybridized carbons (Fsp3) is 0.286. The van der Waals surface area contributed by atoms with Crippen LogP contribution in [-0.4, -0.2) is 13.6 Å². The summed E-state index contributed by atoms with van der Waals surface area (Å²) >= 11 is 0. The first-order valence-corrected chi connectivity index (χ1v) is 5.38. The van der Waals surface area contributed by atoms with E-state index in [-0.39, 0.29) is 0 Å². The Balaban J connectivity index is 2.01. The second kappa shape index (κ2) is 4.35. The maximum absolute atomic E-state index is 2.29. The highest BCUT2D eigenvalue weighted by Crippen LogP contribution is 2.17. The van der Waals surface area contributed by atoms with E-state index in [1.807, 2.05) is 0 Å². The molecule has 2 rings (SSSR count). The Kier molecular flexibility index (Phi) is 2.91. The lowest BCUT2D eigenvalue weighted by Crippen LogP contribution is -2.19. The second-order valence-electron chi connectivity index (χ2n) is 4.15. The first kappa shape index (κ1) is 10.0. The van der Waals surface area contributed by atoms with Gasteiger partial charge >= 0.3 is 0 Å². The van der Waals surface area contributed by atoms with Crippen molar-refractivity contribution >= 4 is 5.69 Å². The zero-order chi connectivity index (χ0) is 10.7. The normalized spacial score (nSPS) is 14.1. The minimum Gasteiger partial charge on any atom is -0.371 e. The van der Waals surface area contributed by atoms with E-state index in [1.165, 1.54) is 16.8 Å². The van der Waals surface area contributed by atoms with Crippen molar-refractivity contribution in [1.82, 2.24) is 0 Å². The Bertz CT molecular complexity index is 384. The molecule has 0 atom stereocenters. The highest BCUT2D eigenvalue weighted by atomic mass is 15.1. The molecule has 0 saturated carbocycles. The van der Waals surface area contributed by atoms with Crippen molar-refractivity contribution in [3.05, 3.63) is 53.6 Å². The summed E-state index contributed by atoms with van der Waals surface area (Å²) in [6.07, 6.45) is 7.66. The van der Waals surface area contributed by atoms with Crippen LogP contribution < -0.4 is 4.90 Å². The number of nitrogens with zero attached hydrogens (tertiary/aromatic N) is 1. The Morgan fingerprint density at radius 3 is 2.53 bits per heavy atom. The molecule has 1 aromatic carbocycles. The third-order valence-electron chi connectivity index (χ3n) is 2.76. The highest BCUT2D eigenvalue weighted by molar-refractivity contribution is 5.48. The van der Waals surface area contributed by atoms with Gasteiger partial charge in [0.05, 0.1) is 0 Å². The Labute approximate surface area is 91.7 Å². The monoisotopic (exact) mass is 199 g/mol. The second-order valence-corrected chi connectivity index (χ2v) is 4.15. The van der Waals surface area contributed by atoms with Gasteiger partial charge in [-0.05, 0) is 31.1 Å². The van der Waals surface area contributed by atoms with Gasteiger partial charge in [-0.15, -0.1) is 0 Å². The third kappa shape index (κ3) is 2.50. The van der Waals surface area contributed by atoms with Crippen molar-refractivity contribution in [1.29, 1.82) is 0 Å². The van der Waals surface area contributed by atoms with E-state index < -0.39 is 0 Å². The molecule has 0 fully saturated rings. The molecule has 0 heterocycles. The van der Waals surface area contributed by atoms with Gasteiger partial charge in [-0.2, -0.15) is 0 Å². The van der Waals surface area contributed by atoms with Crippen molar-refractivity contribution < 1.29 is 0 Å². The fourth-order valence-corrected chi connectivity index (χ4v) is 1.80. The van der Waals surface area contributed by atoms with Crippen molar-refractivity contribution in [2.45, 2.75) is 13.3 Å². The number of benzene rings is 1. The van der Waals surface area contributed by atoms with Gasteiger partial charge in [0.15, 0.2) is 0 Å². The standard InChI is InChI=1S/C14H17N/c1-12-7-9-14(10-8-12)15(2)11-13-5-3-4-6-13/h3-5,7-10H,6,11H2,1-2H3. The lowest BCUT2D eigenvalue weighted by molar-refractivity contribution is 0.961. The summed E-state index contributed by atoms with van der Waals surface area (Å²) in [6.45, 7) is 3.14. The van der Waals surface area contributed by atoms with E-state index in [1.54, 1.807) is 0 Å². The van der Waals surface area contributed by atoms with Crippen LogP contribution >= 0.6 is 0 Å². The molecule has 0 radical (unpaired) electrons. The van der Waals surface area contributed by atoms with Crippen LogP contribution in [0.5, 0.6) is 0 Å². The number of rotatable bonds is 3. The SMILES string of the molecule is Cc1ccc(N(C)CC2=CC=CC2)cc1. The Morgan fingerprint density at radius 2 is 1.93 bits per heavy atom. The predicted molar refractivity (Wildman–Crippen MR) is 66.3 cm³/mol. The average Bonchev–Trinajstić information content (AvgIpc) is 2.71. The number of likely N-dealkylation sites (N-methyl/N-ethyl adjacent to an activating group) is 1. The number of anilines is 1. The van der Waals surface area contributed by atoms with Crippen molar-refractivity contribution in [2.24, 2.45) is 0 Å². The summed E-state index contributed by atoms with van der Waals surface area (Å²) in [6, 6.07) is 8.68. The number of aryl methyl sites for hydroxylation is 1. The lowest BCUT2D eigenvalue weighted by Gasteiger charge is -2.20. The quantitative estimate of drug-likeness (QED) is 0.722. The van der Waals surface area contributed by atoms with Crippen molar-refractivity contribution in [2.75, 3.05) is 18.5 Å². The van der Waals surface area contributed by atoms with E-state index in [9.17, 15) is 0 Å². The summed E-state index contributed by atoms with van der Waals surface area (Å²) in [5.74, 6) is 0. The number of allylic oxidation sites excluding steroid dienone is 3. The van der Waals surface area contributed by atoms with E-state index in [2.05, 4.69) is 61.4 Å². The largest absolute Gasteiger partial charge is 0.371 e. The molecule has 0 unspecified atom stereocenters. The minimum atomic E-state index is 1.02. The molecule has 0 N–H and O–H groups in total. The van der Waals surface area contributed by atoms with E-state index in [0.717, 1.165) is 13.0 Å². The molecule has 0 aliphatic heterocycles. The van der Waals surface area contributed by atoms with Gasteiger partial charge in [-0.1, -0.05) is 35.9 Å². The topological polar surface area (TPSA) is 3.24 Å². The minimum absolute atomic E-state index is 1.02. The molecule has 1 aromatic rings. The summed E-state index contributed by atoms with van der Waals surface area (Å²) in [5, 5.41) is 0. The van der Waals surface area contributed by atoms with Crippen molar-refractivity contribution in [3.8, 4) is 0 Å². The molecule has 0 aromatic heterocycles. The molecule has 0 amide bonds. The summed E-state index contributed by atoms with van der Waals surface area (Å²) in [4.78, 5) is 2.29. The van der Waals surface area contributed by atoms with Crippen LogP contribution in [0.2, 0.25) is 0 Å². The van der Waals surface area contributed by atoms with Gasteiger partial charge in [0, 0.05) is 19.3 Å². The molecule has 1 aliphatic rings. The maximum Gasteiger partial charge on any atom is 0.0391 e. The maximum atomic E-state index is 2.29.